The first-order valence-electron chi connectivity index (χ1n) is 8.92. The highest BCUT2D eigenvalue weighted by atomic mass is 16.2. The summed E-state index contributed by atoms with van der Waals surface area (Å²) in [5.74, 6) is 0.219. The van der Waals surface area contributed by atoms with Crippen molar-refractivity contribution in [2.75, 3.05) is 4.90 Å². The number of anilines is 1. The molecular weight excluding hydrogens is 342 g/mol. The predicted octanol–water partition coefficient (Wildman–Crippen LogP) is 2.47. The fourth-order valence-electron chi connectivity index (χ4n) is 3.57. The normalized spacial score (nSPS) is 15.9. The molecule has 138 valence electrons. The average molecular weight is 363 g/mol. The zero-order valence-corrected chi connectivity index (χ0v) is 15.8. The van der Waals surface area contributed by atoms with Crippen molar-refractivity contribution in [3.8, 4) is 5.95 Å². The van der Waals surface area contributed by atoms with Crippen LogP contribution in [0.5, 0.6) is 0 Å². The number of hydrogen-bond donors (Lipinski definition) is 1. The molecule has 1 N–H and O–H groups in total. The van der Waals surface area contributed by atoms with Gasteiger partial charge in [-0.1, -0.05) is 18.2 Å². The van der Waals surface area contributed by atoms with Gasteiger partial charge in [0.05, 0.1) is 17.5 Å². The summed E-state index contributed by atoms with van der Waals surface area (Å²) >= 11 is 0. The van der Waals surface area contributed by atoms with Gasteiger partial charge in [0.15, 0.2) is 0 Å². The summed E-state index contributed by atoms with van der Waals surface area (Å²) < 4.78 is 1.51. The first-order valence-corrected chi connectivity index (χ1v) is 8.92. The second-order valence-electron chi connectivity index (χ2n) is 7.01. The van der Waals surface area contributed by atoms with Crippen LogP contribution in [0.15, 0.2) is 35.3 Å². The van der Waals surface area contributed by atoms with Crippen molar-refractivity contribution in [2.45, 2.75) is 40.2 Å². The van der Waals surface area contributed by atoms with Crippen molar-refractivity contribution in [1.29, 1.82) is 0 Å². The molecule has 3 aromatic rings. The Labute approximate surface area is 156 Å². The van der Waals surface area contributed by atoms with Crippen LogP contribution >= 0.6 is 0 Å². The van der Waals surface area contributed by atoms with E-state index in [4.69, 9.17) is 0 Å². The summed E-state index contributed by atoms with van der Waals surface area (Å²) in [5.41, 5.74) is 4.26. The summed E-state index contributed by atoms with van der Waals surface area (Å²) in [4.78, 5) is 34.3. The molecular formula is C20H21N5O2. The molecule has 0 bridgehead atoms. The standard InChI is InChI=1S/C20H21N5O2/c1-11-9-15-7-5-6-8-17(15)24(11)19(27)16-10-21-25(14(16)4)20-22-13(3)12(2)18(26)23-20/h5-8,10-11H,9H2,1-4H3,(H,22,23,26)/t11-/m0/s1. The average Bonchev–Trinajstić information content (AvgIpc) is 3.18. The van der Waals surface area contributed by atoms with E-state index in [1.165, 1.54) is 10.2 Å². The van der Waals surface area contributed by atoms with E-state index in [9.17, 15) is 9.59 Å². The minimum Gasteiger partial charge on any atom is -0.305 e. The van der Waals surface area contributed by atoms with Crippen LogP contribution in [0, 0.1) is 20.8 Å². The van der Waals surface area contributed by atoms with Gasteiger partial charge in [0, 0.05) is 23.0 Å². The van der Waals surface area contributed by atoms with Crippen LogP contribution in [0.4, 0.5) is 5.69 Å². The molecule has 1 atom stereocenters. The lowest BCUT2D eigenvalue weighted by Gasteiger charge is -2.22. The molecule has 7 heteroatoms. The molecule has 27 heavy (non-hydrogen) atoms. The van der Waals surface area contributed by atoms with Gasteiger partial charge in [-0.2, -0.15) is 5.10 Å². The lowest BCUT2D eigenvalue weighted by atomic mass is 10.1. The summed E-state index contributed by atoms with van der Waals surface area (Å²) in [5, 5.41) is 4.31. The summed E-state index contributed by atoms with van der Waals surface area (Å²) in [6, 6.07) is 8.04. The molecule has 0 spiro atoms. The second-order valence-corrected chi connectivity index (χ2v) is 7.01. The van der Waals surface area contributed by atoms with Crippen LogP contribution in [-0.2, 0) is 6.42 Å². The van der Waals surface area contributed by atoms with Gasteiger partial charge in [-0.25, -0.2) is 9.67 Å². The summed E-state index contributed by atoms with van der Waals surface area (Å²) in [6.07, 6.45) is 2.38. The van der Waals surface area contributed by atoms with E-state index in [1.54, 1.807) is 20.0 Å². The number of fused-ring (bicyclic) bond motifs is 1. The Morgan fingerprint density at radius 2 is 1.96 bits per heavy atom. The topological polar surface area (TPSA) is 83.9 Å². The third-order valence-electron chi connectivity index (χ3n) is 5.25. The first-order chi connectivity index (χ1) is 12.9. The third-order valence-corrected chi connectivity index (χ3v) is 5.25. The Hall–Kier alpha value is -3.22. The Morgan fingerprint density at radius 3 is 2.70 bits per heavy atom. The number of carbonyl (C=O) groups is 1. The zero-order valence-electron chi connectivity index (χ0n) is 15.8. The van der Waals surface area contributed by atoms with Crippen LogP contribution < -0.4 is 10.5 Å². The van der Waals surface area contributed by atoms with E-state index in [-0.39, 0.29) is 17.5 Å². The van der Waals surface area contributed by atoms with E-state index < -0.39 is 0 Å². The molecule has 0 saturated carbocycles. The molecule has 0 aliphatic carbocycles. The molecule has 2 aromatic heterocycles. The highest BCUT2D eigenvalue weighted by Crippen LogP contribution is 2.33. The molecule has 1 aliphatic heterocycles. The van der Waals surface area contributed by atoms with Crippen LogP contribution in [0.3, 0.4) is 0 Å². The maximum atomic E-state index is 13.3. The fourth-order valence-corrected chi connectivity index (χ4v) is 3.57. The molecule has 3 heterocycles. The van der Waals surface area contributed by atoms with Gasteiger partial charge in [0.1, 0.15) is 0 Å². The van der Waals surface area contributed by atoms with Crippen molar-refractivity contribution >= 4 is 11.6 Å². The number of nitrogens with zero attached hydrogens (tertiary/aromatic N) is 4. The number of amides is 1. The summed E-state index contributed by atoms with van der Waals surface area (Å²) in [7, 11) is 0. The van der Waals surface area contributed by atoms with Gasteiger partial charge in [0.2, 0.25) is 5.95 Å². The van der Waals surface area contributed by atoms with Crippen LogP contribution in [-0.4, -0.2) is 31.7 Å². The van der Waals surface area contributed by atoms with E-state index in [1.807, 2.05) is 36.9 Å². The van der Waals surface area contributed by atoms with E-state index in [0.29, 0.717) is 28.5 Å². The number of aryl methyl sites for hydroxylation is 1. The number of aromatic nitrogens is 4. The first kappa shape index (κ1) is 17.2. The van der Waals surface area contributed by atoms with E-state index in [0.717, 1.165) is 12.1 Å². The molecule has 0 saturated heterocycles. The van der Waals surface area contributed by atoms with Gasteiger partial charge >= 0.3 is 0 Å². The number of hydrogen-bond acceptors (Lipinski definition) is 4. The number of nitrogens with one attached hydrogen (secondary N) is 1. The van der Waals surface area contributed by atoms with Gasteiger partial charge in [0.25, 0.3) is 11.5 Å². The molecule has 0 radical (unpaired) electrons. The van der Waals surface area contributed by atoms with Crippen LogP contribution in [0.25, 0.3) is 5.95 Å². The second kappa shape index (κ2) is 6.19. The van der Waals surface area contributed by atoms with Crippen molar-refractivity contribution in [3.63, 3.8) is 0 Å². The van der Waals surface area contributed by atoms with Crippen LogP contribution in [0.2, 0.25) is 0 Å². The number of carbonyl (C=O) groups excluding carboxylic acids is 1. The summed E-state index contributed by atoms with van der Waals surface area (Å²) in [6.45, 7) is 7.35. The van der Waals surface area contributed by atoms with Gasteiger partial charge in [-0.15, -0.1) is 0 Å². The van der Waals surface area contributed by atoms with Gasteiger partial charge in [-0.05, 0) is 45.7 Å². The highest BCUT2D eigenvalue weighted by Gasteiger charge is 2.33. The largest absolute Gasteiger partial charge is 0.305 e. The molecule has 0 unspecified atom stereocenters. The van der Waals surface area contributed by atoms with Crippen molar-refractivity contribution in [2.24, 2.45) is 0 Å². The molecule has 4 rings (SSSR count). The predicted molar refractivity (Wildman–Crippen MR) is 103 cm³/mol. The minimum absolute atomic E-state index is 0.0807. The minimum atomic E-state index is -0.206. The van der Waals surface area contributed by atoms with Crippen molar-refractivity contribution in [1.82, 2.24) is 19.7 Å². The zero-order chi connectivity index (χ0) is 19.3. The van der Waals surface area contributed by atoms with Gasteiger partial charge in [-0.3, -0.25) is 14.6 Å². The smallest absolute Gasteiger partial charge is 0.262 e. The van der Waals surface area contributed by atoms with Crippen LogP contribution in [0.1, 0.15) is 39.8 Å². The Morgan fingerprint density at radius 1 is 1.22 bits per heavy atom. The Balaban J connectivity index is 1.75. The number of H-pyrrole nitrogens is 1. The number of para-hydroxylation sites is 1. The molecule has 1 aromatic carbocycles. The maximum Gasteiger partial charge on any atom is 0.262 e. The number of rotatable bonds is 2. The number of benzene rings is 1. The third kappa shape index (κ3) is 2.66. The van der Waals surface area contributed by atoms with E-state index in [2.05, 4.69) is 21.1 Å². The molecule has 7 nitrogen and oxygen atoms in total. The van der Waals surface area contributed by atoms with Gasteiger partial charge < -0.3 is 4.90 Å². The quantitative estimate of drug-likeness (QED) is 0.758. The lowest BCUT2D eigenvalue weighted by molar-refractivity contribution is 0.0981. The SMILES string of the molecule is Cc1nc(-n2ncc(C(=O)N3c4ccccc4C[C@@H]3C)c2C)[nH]c(=O)c1C. The highest BCUT2D eigenvalue weighted by molar-refractivity contribution is 6.08. The number of aromatic amines is 1. The Kier molecular flexibility index (Phi) is 3.95. The molecule has 1 aliphatic rings. The maximum absolute atomic E-state index is 13.3. The van der Waals surface area contributed by atoms with Crippen molar-refractivity contribution < 1.29 is 4.79 Å². The molecule has 0 fully saturated rings. The lowest BCUT2D eigenvalue weighted by Crippen LogP contribution is -2.36. The monoisotopic (exact) mass is 363 g/mol. The Bertz CT molecular complexity index is 1110. The van der Waals surface area contributed by atoms with Crippen molar-refractivity contribution in [3.05, 3.63) is 68.9 Å². The van der Waals surface area contributed by atoms with E-state index >= 15 is 0 Å². The fraction of sp³-hybridized carbons (Fsp3) is 0.300. The molecule has 1 amide bonds.